The number of hydrogen-bond acceptors (Lipinski definition) is 4. The summed E-state index contributed by atoms with van der Waals surface area (Å²) in [5.74, 6) is -0.554. The van der Waals surface area contributed by atoms with E-state index in [4.69, 9.17) is 11.6 Å². The molecule has 1 atom stereocenters. The smallest absolute Gasteiger partial charge is 0.241 e. The van der Waals surface area contributed by atoms with Crippen molar-refractivity contribution in [2.75, 3.05) is 6.54 Å². The van der Waals surface area contributed by atoms with Crippen molar-refractivity contribution in [3.05, 3.63) is 47.7 Å². The molecule has 0 unspecified atom stereocenters. The van der Waals surface area contributed by atoms with Gasteiger partial charge in [0.25, 0.3) is 0 Å². The summed E-state index contributed by atoms with van der Waals surface area (Å²) >= 11 is 5.79. The average molecular weight is 399 g/mol. The van der Waals surface area contributed by atoms with Crippen LogP contribution < -0.4 is 10.0 Å². The van der Waals surface area contributed by atoms with E-state index in [1.54, 1.807) is 24.7 Å². The zero-order valence-corrected chi connectivity index (χ0v) is 16.3. The molecule has 142 valence electrons. The van der Waals surface area contributed by atoms with Gasteiger partial charge >= 0.3 is 0 Å². The number of aryl methyl sites for hydroxylation is 1. The molecular formula is C17H23ClN4O3S. The highest BCUT2D eigenvalue weighted by Crippen LogP contribution is 2.15. The first-order valence-corrected chi connectivity index (χ1v) is 10.2. The molecule has 0 spiro atoms. The second-order valence-corrected chi connectivity index (χ2v) is 8.36. The summed E-state index contributed by atoms with van der Waals surface area (Å²) < 4.78 is 29.3. The molecule has 1 amide bonds. The second-order valence-electron chi connectivity index (χ2n) is 6.21. The van der Waals surface area contributed by atoms with Crippen LogP contribution in [0.25, 0.3) is 0 Å². The lowest BCUT2D eigenvalue weighted by molar-refractivity contribution is -0.123. The van der Waals surface area contributed by atoms with Crippen molar-refractivity contribution in [1.29, 1.82) is 0 Å². The highest BCUT2D eigenvalue weighted by Gasteiger charge is 2.28. The predicted octanol–water partition coefficient (Wildman–Crippen LogP) is 2.05. The quantitative estimate of drug-likeness (QED) is 0.632. The first-order valence-electron chi connectivity index (χ1n) is 8.32. The fourth-order valence-corrected chi connectivity index (χ4v) is 3.81. The lowest BCUT2D eigenvalue weighted by Gasteiger charge is -2.21. The minimum atomic E-state index is -3.82. The van der Waals surface area contributed by atoms with E-state index in [2.05, 4.69) is 15.1 Å². The molecule has 0 saturated carbocycles. The number of carbonyl (C=O) groups excluding carboxylic acids is 1. The number of aromatic nitrogens is 2. The van der Waals surface area contributed by atoms with E-state index in [0.717, 1.165) is 0 Å². The normalized spacial score (nSPS) is 12.9. The zero-order chi connectivity index (χ0) is 19.2. The largest absolute Gasteiger partial charge is 0.355 e. The molecule has 26 heavy (non-hydrogen) atoms. The zero-order valence-electron chi connectivity index (χ0n) is 14.7. The average Bonchev–Trinajstić information content (AvgIpc) is 3.10. The fourth-order valence-electron chi connectivity index (χ4n) is 2.34. The number of amides is 1. The number of benzene rings is 1. The van der Waals surface area contributed by atoms with Crippen LogP contribution >= 0.6 is 11.6 Å². The van der Waals surface area contributed by atoms with Gasteiger partial charge in [-0.1, -0.05) is 25.4 Å². The molecule has 9 heteroatoms. The number of hydrogen-bond donors (Lipinski definition) is 2. The number of carbonyl (C=O) groups is 1. The third-order valence-electron chi connectivity index (χ3n) is 3.78. The lowest BCUT2D eigenvalue weighted by Crippen LogP contribution is -2.49. The van der Waals surface area contributed by atoms with E-state index in [1.165, 1.54) is 24.3 Å². The number of rotatable bonds is 9. The van der Waals surface area contributed by atoms with Gasteiger partial charge in [-0.3, -0.25) is 9.48 Å². The fraction of sp³-hybridized carbons (Fsp3) is 0.412. The Bertz CT molecular complexity index is 805. The number of halogens is 1. The summed E-state index contributed by atoms with van der Waals surface area (Å²) in [7, 11) is -3.82. The van der Waals surface area contributed by atoms with Crippen molar-refractivity contribution in [3.63, 3.8) is 0 Å². The van der Waals surface area contributed by atoms with Crippen molar-refractivity contribution in [3.8, 4) is 0 Å². The standard InChI is InChI=1S/C17H23ClN4O3S/c1-13(2)16(17(23)19-9-3-11-22-12-4-10-20-22)21-26(24,25)15-7-5-14(18)6-8-15/h4-8,10,12-13,16,21H,3,9,11H2,1-2H3,(H,19,23)/t16-/m1/s1. The van der Waals surface area contributed by atoms with E-state index < -0.39 is 16.1 Å². The lowest BCUT2D eigenvalue weighted by atomic mass is 10.1. The molecule has 0 fully saturated rings. The van der Waals surface area contributed by atoms with E-state index >= 15 is 0 Å². The third-order valence-corrected chi connectivity index (χ3v) is 5.49. The van der Waals surface area contributed by atoms with Crippen LogP contribution in [0, 0.1) is 5.92 Å². The summed E-state index contributed by atoms with van der Waals surface area (Å²) in [6, 6.07) is 6.78. The van der Waals surface area contributed by atoms with Crippen molar-refractivity contribution in [2.24, 2.45) is 5.92 Å². The maximum absolute atomic E-state index is 12.5. The summed E-state index contributed by atoms with van der Waals surface area (Å²) in [5.41, 5.74) is 0. The van der Waals surface area contributed by atoms with Gasteiger partial charge in [0.2, 0.25) is 15.9 Å². The van der Waals surface area contributed by atoms with Crippen LogP contribution in [0.1, 0.15) is 20.3 Å². The monoisotopic (exact) mass is 398 g/mol. The number of sulfonamides is 1. The Morgan fingerprint density at radius 2 is 1.96 bits per heavy atom. The third kappa shape index (κ3) is 5.82. The van der Waals surface area contributed by atoms with Gasteiger partial charge in [0.05, 0.1) is 4.90 Å². The Kier molecular flexibility index (Phi) is 7.19. The van der Waals surface area contributed by atoms with Crippen LogP contribution in [0.4, 0.5) is 0 Å². The topological polar surface area (TPSA) is 93.1 Å². The molecule has 2 rings (SSSR count). The SMILES string of the molecule is CC(C)[C@@H](NS(=O)(=O)c1ccc(Cl)cc1)C(=O)NCCCn1cccn1. The van der Waals surface area contributed by atoms with Crippen LogP contribution in [0.3, 0.4) is 0 Å². The molecule has 2 aromatic rings. The highest BCUT2D eigenvalue weighted by atomic mass is 35.5. The second kappa shape index (κ2) is 9.16. The van der Waals surface area contributed by atoms with E-state index in [9.17, 15) is 13.2 Å². The Morgan fingerprint density at radius 1 is 1.27 bits per heavy atom. The minimum Gasteiger partial charge on any atom is -0.355 e. The molecule has 0 bridgehead atoms. The van der Waals surface area contributed by atoms with Crippen LogP contribution in [-0.4, -0.2) is 36.7 Å². The summed E-state index contributed by atoms with van der Waals surface area (Å²) in [6.45, 7) is 4.69. The first kappa shape index (κ1) is 20.4. The Morgan fingerprint density at radius 3 is 2.54 bits per heavy atom. The van der Waals surface area contributed by atoms with E-state index in [-0.39, 0.29) is 16.7 Å². The number of nitrogens with one attached hydrogen (secondary N) is 2. The maximum atomic E-state index is 12.5. The van der Waals surface area contributed by atoms with Crippen LogP contribution in [0.15, 0.2) is 47.6 Å². The van der Waals surface area contributed by atoms with Gasteiger partial charge in [-0.15, -0.1) is 0 Å². The summed E-state index contributed by atoms with van der Waals surface area (Å²) in [5, 5.41) is 7.31. The van der Waals surface area contributed by atoms with Gasteiger partial charge in [-0.2, -0.15) is 9.82 Å². The Hall–Kier alpha value is -1.90. The molecular weight excluding hydrogens is 376 g/mol. The van der Waals surface area contributed by atoms with Gasteiger partial charge in [-0.05, 0) is 42.7 Å². The van der Waals surface area contributed by atoms with Gasteiger partial charge in [-0.25, -0.2) is 8.42 Å². The molecule has 1 aromatic heterocycles. The Labute approximate surface area is 158 Å². The van der Waals surface area contributed by atoms with Crippen molar-refractivity contribution < 1.29 is 13.2 Å². The van der Waals surface area contributed by atoms with Crippen LogP contribution in [0.5, 0.6) is 0 Å². The Balaban J connectivity index is 1.94. The van der Waals surface area contributed by atoms with Crippen molar-refractivity contribution >= 4 is 27.5 Å². The van der Waals surface area contributed by atoms with Crippen molar-refractivity contribution in [2.45, 2.75) is 37.8 Å². The molecule has 0 aliphatic heterocycles. The van der Waals surface area contributed by atoms with Gasteiger partial charge in [0.1, 0.15) is 6.04 Å². The molecule has 7 nitrogen and oxygen atoms in total. The highest BCUT2D eigenvalue weighted by molar-refractivity contribution is 7.89. The molecule has 0 saturated heterocycles. The molecule has 0 aliphatic rings. The van der Waals surface area contributed by atoms with Crippen LogP contribution in [0.2, 0.25) is 5.02 Å². The maximum Gasteiger partial charge on any atom is 0.241 e. The molecule has 0 radical (unpaired) electrons. The first-order chi connectivity index (χ1) is 12.3. The van der Waals surface area contributed by atoms with Gasteiger partial charge in [0, 0.05) is 30.5 Å². The van der Waals surface area contributed by atoms with Crippen LogP contribution in [-0.2, 0) is 21.4 Å². The summed E-state index contributed by atoms with van der Waals surface area (Å²) in [4.78, 5) is 12.5. The predicted molar refractivity (Wildman–Crippen MR) is 100 cm³/mol. The summed E-state index contributed by atoms with van der Waals surface area (Å²) in [6.07, 6.45) is 4.24. The van der Waals surface area contributed by atoms with Gasteiger partial charge < -0.3 is 5.32 Å². The molecule has 1 aromatic carbocycles. The van der Waals surface area contributed by atoms with Gasteiger partial charge in [0.15, 0.2) is 0 Å². The van der Waals surface area contributed by atoms with E-state index in [1.807, 2.05) is 12.3 Å². The molecule has 1 heterocycles. The molecule has 2 N–H and O–H groups in total. The number of nitrogens with zero attached hydrogens (tertiary/aromatic N) is 2. The van der Waals surface area contributed by atoms with E-state index in [0.29, 0.717) is 24.5 Å². The van der Waals surface area contributed by atoms with Crippen molar-refractivity contribution in [1.82, 2.24) is 19.8 Å². The minimum absolute atomic E-state index is 0.0685. The molecule has 0 aliphatic carbocycles.